The molecule has 1 unspecified atom stereocenters. The van der Waals surface area contributed by atoms with E-state index in [4.69, 9.17) is 20.8 Å². The lowest BCUT2D eigenvalue weighted by Gasteiger charge is -2.08. The summed E-state index contributed by atoms with van der Waals surface area (Å²) >= 11 is 6.11. The summed E-state index contributed by atoms with van der Waals surface area (Å²) < 4.78 is 12.5. The Balaban J connectivity index is 1.63. The van der Waals surface area contributed by atoms with E-state index in [1.54, 1.807) is 35.2 Å². The van der Waals surface area contributed by atoms with Crippen molar-refractivity contribution in [1.82, 2.24) is 15.1 Å². The maximum Gasteiger partial charge on any atom is 0.271 e. The molecule has 1 aliphatic rings. The molecule has 0 radical (unpaired) electrons. The van der Waals surface area contributed by atoms with Crippen molar-refractivity contribution in [1.29, 1.82) is 0 Å². The second-order valence-electron chi connectivity index (χ2n) is 6.22. The number of carbonyl (C=O) groups is 1. The van der Waals surface area contributed by atoms with E-state index < -0.39 is 0 Å². The first-order valence-electron chi connectivity index (χ1n) is 8.46. The molecule has 26 heavy (non-hydrogen) atoms. The summed E-state index contributed by atoms with van der Waals surface area (Å²) in [7, 11) is 0. The number of nitrogens with zero attached hydrogens (tertiary/aromatic N) is 2. The van der Waals surface area contributed by atoms with Crippen molar-refractivity contribution in [2.45, 2.75) is 6.42 Å². The first-order valence-corrected chi connectivity index (χ1v) is 8.84. The van der Waals surface area contributed by atoms with Gasteiger partial charge in [0.1, 0.15) is 5.69 Å². The van der Waals surface area contributed by atoms with Gasteiger partial charge in [-0.3, -0.25) is 4.79 Å². The summed E-state index contributed by atoms with van der Waals surface area (Å²) in [6, 6.07) is 12.6. The van der Waals surface area contributed by atoms with Gasteiger partial charge in [-0.25, -0.2) is 4.68 Å². The standard InChI is InChI=1S/C19H18ClN3O3/c20-14-3-1-4-15(9-14)23-17(18-5-2-7-26-18)10-16(22-23)19(24)21-11-13-6-8-25-12-13/h1-5,7,9-10,13H,6,8,11-12H2,(H,21,24). The summed E-state index contributed by atoms with van der Waals surface area (Å²) in [5, 5.41) is 8.01. The topological polar surface area (TPSA) is 69.3 Å². The van der Waals surface area contributed by atoms with Crippen LogP contribution in [0.1, 0.15) is 16.9 Å². The molecule has 0 aliphatic carbocycles. The van der Waals surface area contributed by atoms with Crippen molar-refractivity contribution in [2.24, 2.45) is 5.92 Å². The molecule has 1 amide bonds. The van der Waals surface area contributed by atoms with Gasteiger partial charge in [-0.15, -0.1) is 0 Å². The number of furan rings is 1. The van der Waals surface area contributed by atoms with E-state index in [0.29, 0.717) is 41.2 Å². The van der Waals surface area contributed by atoms with Crippen molar-refractivity contribution in [3.8, 4) is 17.1 Å². The summed E-state index contributed by atoms with van der Waals surface area (Å²) in [4.78, 5) is 12.6. The minimum absolute atomic E-state index is 0.217. The van der Waals surface area contributed by atoms with E-state index in [2.05, 4.69) is 10.4 Å². The molecule has 1 saturated heterocycles. The number of benzene rings is 1. The molecule has 2 aromatic heterocycles. The zero-order valence-corrected chi connectivity index (χ0v) is 14.8. The van der Waals surface area contributed by atoms with Crippen molar-refractivity contribution in [3.05, 3.63) is 59.4 Å². The minimum Gasteiger partial charge on any atom is -0.463 e. The third-order valence-corrected chi connectivity index (χ3v) is 4.58. The summed E-state index contributed by atoms with van der Waals surface area (Å²) in [6.07, 6.45) is 2.55. The molecule has 1 atom stereocenters. The predicted molar refractivity (Wildman–Crippen MR) is 97.5 cm³/mol. The number of ether oxygens (including phenoxy) is 1. The summed E-state index contributed by atoms with van der Waals surface area (Å²) in [5.41, 5.74) is 1.77. The Hall–Kier alpha value is -2.57. The molecule has 3 aromatic rings. The van der Waals surface area contributed by atoms with Crippen LogP contribution in [0.4, 0.5) is 0 Å². The fourth-order valence-electron chi connectivity index (χ4n) is 2.97. The average Bonchev–Trinajstić information content (AvgIpc) is 3.40. The SMILES string of the molecule is O=C(NCC1CCOC1)c1cc(-c2ccco2)n(-c2cccc(Cl)c2)n1. The average molecular weight is 372 g/mol. The van der Waals surface area contributed by atoms with Gasteiger partial charge in [-0.05, 0) is 36.8 Å². The highest BCUT2D eigenvalue weighted by atomic mass is 35.5. The molecule has 0 saturated carbocycles. The second kappa shape index (κ2) is 7.35. The van der Waals surface area contributed by atoms with E-state index in [-0.39, 0.29) is 5.91 Å². The van der Waals surface area contributed by atoms with Crippen LogP contribution in [0.25, 0.3) is 17.1 Å². The number of aromatic nitrogens is 2. The zero-order chi connectivity index (χ0) is 17.9. The third-order valence-electron chi connectivity index (χ3n) is 4.34. The Morgan fingerprint density at radius 1 is 1.31 bits per heavy atom. The molecular weight excluding hydrogens is 354 g/mol. The van der Waals surface area contributed by atoms with Crippen molar-refractivity contribution in [3.63, 3.8) is 0 Å². The number of carbonyl (C=O) groups excluding carboxylic acids is 1. The van der Waals surface area contributed by atoms with E-state index in [9.17, 15) is 4.79 Å². The van der Waals surface area contributed by atoms with E-state index in [0.717, 1.165) is 18.7 Å². The molecule has 6 nitrogen and oxygen atoms in total. The summed E-state index contributed by atoms with van der Waals surface area (Å²) in [5.74, 6) is 0.768. The number of amides is 1. The van der Waals surface area contributed by atoms with Crippen molar-refractivity contribution >= 4 is 17.5 Å². The smallest absolute Gasteiger partial charge is 0.271 e. The fraction of sp³-hybridized carbons (Fsp3) is 0.263. The minimum atomic E-state index is -0.217. The van der Waals surface area contributed by atoms with Crippen molar-refractivity contribution in [2.75, 3.05) is 19.8 Å². The number of rotatable bonds is 5. The molecular formula is C19H18ClN3O3. The summed E-state index contributed by atoms with van der Waals surface area (Å²) in [6.45, 7) is 2.03. The molecule has 0 bridgehead atoms. The van der Waals surface area contributed by atoms with Crippen LogP contribution < -0.4 is 5.32 Å². The van der Waals surface area contributed by atoms with Gasteiger partial charge < -0.3 is 14.5 Å². The van der Waals surface area contributed by atoms with E-state index >= 15 is 0 Å². The first-order chi connectivity index (χ1) is 12.7. The van der Waals surface area contributed by atoms with Crippen LogP contribution in [0.15, 0.2) is 53.1 Å². The normalized spacial score (nSPS) is 16.7. The van der Waals surface area contributed by atoms with Gasteiger partial charge in [-0.1, -0.05) is 17.7 Å². The zero-order valence-electron chi connectivity index (χ0n) is 14.0. The van der Waals surface area contributed by atoms with Crippen LogP contribution in [0.5, 0.6) is 0 Å². The van der Waals surface area contributed by atoms with Gasteiger partial charge in [0.25, 0.3) is 5.91 Å². The number of hydrogen-bond donors (Lipinski definition) is 1. The maximum atomic E-state index is 12.6. The molecule has 3 heterocycles. The number of nitrogens with one attached hydrogen (secondary N) is 1. The molecule has 134 valence electrons. The van der Waals surface area contributed by atoms with Crippen LogP contribution in [-0.4, -0.2) is 35.4 Å². The second-order valence-corrected chi connectivity index (χ2v) is 6.66. The highest BCUT2D eigenvalue weighted by Gasteiger charge is 2.21. The molecule has 1 fully saturated rings. The fourth-order valence-corrected chi connectivity index (χ4v) is 3.15. The Bertz CT molecular complexity index is 899. The molecule has 1 aliphatic heterocycles. The van der Waals surface area contributed by atoms with Crippen LogP contribution >= 0.6 is 11.6 Å². The highest BCUT2D eigenvalue weighted by molar-refractivity contribution is 6.30. The quantitative estimate of drug-likeness (QED) is 0.744. The van der Waals surface area contributed by atoms with E-state index in [1.165, 1.54) is 0 Å². The van der Waals surface area contributed by atoms with Crippen LogP contribution in [0.3, 0.4) is 0 Å². The third kappa shape index (κ3) is 3.52. The largest absolute Gasteiger partial charge is 0.463 e. The monoisotopic (exact) mass is 371 g/mol. The molecule has 1 N–H and O–H groups in total. The predicted octanol–water partition coefficient (Wildman–Crippen LogP) is 3.55. The first kappa shape index (κ1) is 16.9. The maximum absolute atomic E-state index is 12.6. The Morgan fingerprint density at radius 2 is 2.23 bits per heavy atom. The van der Waals surface area contributed by atoms with Gasteiger partial charge in [-0.2, -0.15) is 5.10 Å². The van der Waals surface area contributed by atoms with Crippen molar-refractivity contribution < 1.29 is 13.9 Å². The van der Waals surface area contributed by atoms with E-state index in [1.807, 2.05) is 18.2 Å². The van der Waals surface area contributed by atoms with Gasteiger partial charge in [0.15, 0.2) is 11.5 Å². The van der Waals surface area contributed by atoms with Gasteiger partial charge in [0.05, 0.1) is 18.6 Å². The lowest BCUT2D eigenvalue weighted by molar-refractivity contribution is 0.0939. The number of hydrogen-bond acceptors (Lipinski definition) is 4. The van der Waals surface area contributed by atoms with Gasteiger partial charge in [0.2, 0.25) is 0 Å². The molecule has 0 spiro atoms. The van der Waals surface area contributed by atoms with Gasteiger partial charge >= 0.3 is 0 Å². The molecule has 7 heteroatoms. The lowest BCUT2D eigenvalue weighted by Crippen LogP contribution is -2.29. The Morgan fingerprint density at radius 3 is 2.96 bits per heavy atom. The van der Waals surface area contributed by atoms with Gasteiger partial charge in [0, 0.05) is 30.2 Å². The van der Waals surface area contributed by atoms with Crippen LogP contribution in [-0.2, 0) is 4.74 Å². The van der Waals surface area contributed by atoms with Crippen LogP contribution in [0, 0.1) is 5.92 Å². The Labute approximate surface area is 155 Å². The molecule has 4 rings (SSSR count). The Kier molecular flexibility index (Phi) is 4.77. The molecule has 1 aromatic carbocycles. The van der Waals surface area contributed by atoms with Crippen LogP contribution in [0.2, 0.25) is 5.02 Å². The lowest BCUT2D eigenvalue weighted by atomic mass is 10.1. The number of halogens is 1. The highest BCUT2D eigenvalue weighted by Crippen LogP contribution is 2.26.